The average Bonchev–Trinajstić information content (AvgIpc) is 2.82. The fourth-order valence-corrected chi connectivity index (χ4v) is 3.72. The van der Waals surface area contributed by atoms with Crippen molar-refractivity contribution in [2.75, 3.05) is 5.75 Å². The van der Waals surface area contributed by atoms with E-state index < -0.39 is 0 Å². The summed E-state index contributed by atoms with van der Waals surface area (Å²) in [5.74, 6) is 2.60. The van der Waals surface area contributed by atoms with Crippen LogP contribution in [0.5, 0.6) is 0 Å². The third kappa shape index (κ3) is 2.28. The van der Waals surface area contributed by atoms with Crippen LogP contribution in [0.15, 0.2) is 29.4 Å². The fourth-order valence-electron chi connectivity index (χ4n) is 2.58. The van der Waals surface area contributed by atoms with Gasteiger partial charge >= 0.3 is 0 Å². The normalized spacial score (nSPS) is 17.1. The fraction of sp³-hybridized carbons (Fsp3) is 0.429. The highest BCUT2D eigenvalue weighted by atomic mass is 32.2. The van der Waals surface area contributed by atoms with Crippen LogP contribution < -0.4 is 5.73 Å². The summed E-state index contributed by atoms with van der Waals surface area (Å²) in [6.07, 6.45) is 1.19. The van der Waals surface area contributed by atoms with Crippen molar-refractivity contribution < 1.29 is 0 Å². The van der Waals surface area contributed by atoms with Crippen molar-refractivity contribution in [3.05, 3.63) is 41.2 Å². The Bertz CT molecular complexity index is 579. The van der Waals surface area contributed by atoms with Gasteiger partial charge in [0.15, 0.2) is 5.16 Å². The maximum atomic E-state index is 5.66. The maximum Gasteiger partial charge on any atom is 0.191 e. The Balaban J connectivity index is 1.67. The van der Waals surface area contributed by atoms with Crippen molar-refractivity contribution in [3.63, 3.8) is 0 Å². The topological polar surface area (TPSA) is 56.7 Å². The first-order chi connectivity index (χ1) is 9.33. The molecule has 100 valence electrons. The second-order valence-electron chi connectivity index (χ2n) is 4.76. The number of benzene rings is 1. The van der Waals surface area contributed by atoms with Crippen LogP contribution in [0.1, 0.15) is 29.8 Å². The summed E-state index contributed by atoms with van der Waals surface area (Å²) in [7, 11) is 0. The van der Waals surface area contributed by atoms with Crippen LogP contribution in [0.3, 0.4) is 0 Å². The molecule has 1 aliphatic carbocycles. The molecule has 5 heteroatoms. The van der Waals surface area contributed by atoms with E-state index in [0.717, 1.165) is 23.3 Å². The lowest BCUT2D eigenvalue weighted by molar-refractivity contribution is 0.637. The first-order valence-electron chi connectivity index (χ1n) is 6.66. The molecule has 0 saturated heterocycles. The minimum Gasteiger partial charge on any atom is -0.324 e. The number of fused-ring (bicyclic) bond motifs is 1. The zero-order valence-electron chi connectivity index (χ0n) is 11.0. The van der Waals surface area contributed by atoms with Gasteiger partial charge in [-0.05, 0) is 30.4 Å². The molecule has 1 aromatic carbocycles. The second-order valence-corrected chi connectivity index (χ2v) is 5.75. The van der Waals surface area contributed by atoms with Gasteiger partial charge in [0.1, 0.15) is 5.82 Å². The van der Waals surface area contributed by atoms with Gasteiger partial charge in [0.2, 0.25) is 0 Å². The molecule has 2 N–H and O–H groups in total. The quantitative estimate of drug-likeness (QED) is 0.849. The first-order valence-corrected chi connectivity index (χ1v) is 7.64. The van der Waals surface area contributed by atoms with Gasteiger partial charge in [0, 0.05) is 12.3 Å². The molecule has 1 heterocycles. The average molecular weight is 274 g/mol. The van der Waals surface area contributed by atoms with Crippen LogP contribution in [0.25, 0.3) is 0 Å². The Morgan fingerprint density at radius 2 is 2.21 bits per heavy atom. The maximum absolute atomic E-state index is 5.66. The zero-order chi connectivity index (χ0) is 13.2. The Hall–Kier alpha value is -1.33. The standard InChI is InChI=1S/C14H18N4S/c1-2-18-13(8-15)16-17-14(18)19-9-11-7-10-5-3-4-6-12(10)11/h3-6,11H,2,7-9,15H2,1H3. The number of nitrogens with two attached hydrogens (primary N) is 1. The number of hydrogen-bond acceptors (Lipinski definition) is 4. The van der Waals surface area contributed by atoms with Crippen molar-refractivity contribution in [2.24, 2.45) is 5.73 Å². The Morgan fingerprint density at radius 1 is 1.37 bits per heavy atom. The highest BCUT2D eigenvalue weighted by molar-refractivity contribution is 7.99. The summed E-state index contributed by atoms with van der Waals surface area (Å²) in [5, 5.41) is 9.37. The van der Waals surface area contributed by atoms with E-state index in [1.165, 1.54) is 17.5 Å². The molecule has 1 aromatic heterocycles. The molecule has 3 rings (SSSR count). The van der Waals surface area contributed by atoms with E-state index in [1.807, 2.05) is 0 Å². The molecular formula is C14H18N4S. The van der Waals surface area contributed by atoms with Gasteiger partial charge in [0.25, 0.3) is 0 Å². The number of hydrogen-bond donors (Lipinski definition) is 1. The van der Waals surface area contributed by atoms with E-state index in [2.05, 4.69) is 46.0 Å². The van der Waals surface area contributed by atoms with E-state index in [0.29, 0.717) is 12.5 Å². The predicted molar refractivity (Wildman–Crippen MR) is 77.2 cm³/mol. The van der Waals surface area contributed by atoms with Gasteiger partial charge in [0.05, 0.1) is 6.54 Å². The highest BCUT2D eigenvalue weighted by Crippen LogP contribution is 2.38. The van der Waals surface area contributed by atoms with Gasteiger partial charge in [-0.3, -0.25) is 0 Å². The van der Waals surface area contributed by atoms with Gasteiger partial charge in [-0.1, -0.05) is 36.0 Å². The van der Waals surface area contributed by atoms with Crippen molar-refractivity contribution in [1.29, 1.82) is 0 Å². The molecule has 0 bridgehead atoms. The lowest BCUT2D eigenvalue weighted by atomic mass is 9.79. The molecule has 1 aliphatic rings. The summed E-state index contributed by atoms with van der Waals surface area (Å²) in [6.45, 7) is 3.43. The molecule has 0 spiro atoms. The van der Waals surface area contributed by atoms with Gasteiger partial charge in [-0.25, -0.2) is 0 Å². The van der Waals surface area contributed by atoms with Crippen LogP contribution in [0.4, 0.5) is 0 Å². The van der Waals surface area contributed by atoms with Crippen molar-refractivity contribution in [1.82, 2.24) is 14.8 Å². The number of nitrogens with zero attached hydrogens (tertiary/aromatic N) is 3. The molecule has 1 atom stereocenters. The summed E-state index contributed by atoms with van der Waals surface area (Å²) < 4.78 is 2.11. The van der Waals surface area contributed by atoms with Crippen LogP contribution in [-0.2, 0) is 19.5 Å². The summed E-state index contributed by atoms with van der Waals surface area (Å²) in [4.78, 5) is 0. The zero-order valence-corrected chi connectivity index (χ0v) is 11.9. The molecule has 19 heavy (non-hydrogen) atoms. The molecule has 0 saturated carbocycles. The van der Waals surface area contributed by atoms with Gasteiger partial charge in [-0.15, -0.1) is 10.2 Å². The SMILES string of the molecule is CCn1c(CN)nnc1SCC1Cc2ccccc21. The first kappa shape index (κ1) is 12.7. The van der Waals surface area contributed by atoms with Crippen molar-refractivity contribution in [3.8, 4) is 0 Å². The van der Waals surface area contributed by atoms with E-state index in [4.69, 9.17) is 5.73 Å². The highest BCUT2D eigenvalue weighted by Gasteiger charge is 2.26. The molecule has 0 fully saturated rings. The lowest BCUT2D eigenvalue weighted by Gasteiger charge is -2.29. The van der Waals surface area contributed by atoms with Crippen molar-refractivity contribution >= 4 is 11.8 Å². The van der Waals surface area contributed by atoms with E-state index in [1.54, 1.807) is 11.8 Å². The molecular weight excluding hydrogens is 256 g/mol. The van der Waals surface area contributed by atoms with Crippen LogP contribution in [0, 0.1) is 0 Å². The number of rotatable bonds is 5. The Kier molecular flexibility index (Phi) is 3.57. The van der Waals surface area contributed by atoms with Gasteiger partial charge < -0.3 is 10.3 Å². The van der Waals surface area contributed by atoms with Crippen molar-refractivity contribution in [2.45, 2.75) is 37.5 Å². The summed E-state index contributed by atoms with van der Waals surface area (Å²) in [6, 6.07) is 8.69. The smallest absolute Gasteiger partial charge is 0.191 e. The monoisotopic (exact) mass is 274 g/mol. The molecule has 0 amide bonds. The molecule has 2 aromatic rings. The van der Waals surface area contributed by atoms with Crippen LogP contribution in [-0.4, -0.2) is 20.5 Å². The van der Waals surface area contributed by atoms with Crippen LogP contribution in [0.2, 0.25) is 0 Å². The lowest BCUT2D eigenvalue weighted by Crippen LogP contribution is -2.19. The van der Waals surface area contributed by atoms with E-state index in [9.17, 15) is 0 Å². The third-order valence-corrected chi connectivity index (χ3v) is 4.80. The minimum absolute atomic E-state index is 0.452. The van der Waals surface area contributed by atoms with E-state index in [-0.39, 0.29) is 0 Å². The Morgan fingerprint density at radius 3 is 2.95 bits per heavy atom. The molecule has 0 aliphatic heterocycles. The second kappa shape index (κ2) is 5.35. The number of aromatic nitrogens is 3. The molecule has 0 radical (unpaired) electrons. The summed E-state index contributed by atoms with van der Waals surface area (Å²) >= 11 is 1.79. The summed E-state index contributed by atoms with van der Waals surface area (Å²) in [5.41, 5.74) is 8.65. The van der Waals surface area contributed by atoms with E-state index >= 15 is 0 Å². The third-order valence-electron chi connectivity index (χ3n) is 3.67. The van der Waals surface area contributed by atoms with Crippen LogP contribution >= 0.6 is 11.8 Å². The predicted octanol–water partition coefficient (Wildman–Crippen LogP) is 2.19. The minimum atomic E-state index is 0.452. The largest absolute Gasteiger partial charge is 0.324 e. The molecule has 1 unspecified atom stereocenters. The van der Waals surface area contributed by atoms with Gasteiger partial charge in [-0.2, -0.15) is 0 Å². The molecule has 4 nitrogen and oxygen atoms in total. The number of thioether (sulfide) groups is 1. The Labute approximate surface area is 117 Å².